The van der Waals surface area contributed by atoms with Crippen LogP contribution >= 0.6 is 0 Å². The third kappa shape index (κ3) is 3.18. The third-order valence-corrected chi connectivity index (χ3v) is 5.31. The summed E-state index contributed by atoms with van der Waals surface area (Å²) in [5.74, 6) is 0. The molecular weight excluding hydrogens is 284 g/mol. The van der Waals surface area contributed by atoms with E-state index in [4.69, 9.17) is 0 Å². The van der Waals surface area contributed by atoms with Gasteiger partial charge in [-0.05, 0) is 48.8 Å². The van der Waals surface area contributed by atoms with Crippen LogP contribution in [0.4, 0.5) is 11.4 Å². The number of anilines is 2. The van der Waals surface area contributed by atoms with Crippen LogP contribution in [-0.4, -0.2) is 27.3 Å². The molecule has 1 heterocycles. The summed E-state index contributed by atoms with van der Waals surface area (Å²) in [6.45, 7) is 5.73. The normalized spacial score (nSPS) is 24.1. The molecule has 2 aliphatic rings. The molecule has 1 saturated carbocycles. The molecule has 3 rings (SSSR count). The Hall–Kier alpha value is -1.23. The zero-order valence-corrected chi connectivity index (χ0v) is 13.8. The smallest absolute Gasteiger partial charge is 0.229 e. The van der Waals surface area contributed by atoms with Crippen molar-refractivity contribution in [2.45, 2.75) is 45.6 Å². The van der Waals surface area contributed by atoms with Gasteiger partial charge in [0.05, 0.1) is 11.9 Å². The number of benzene rings is 1. The van der Waals surface area contributed by atoms with Gasteiger partial charge in [0.25, 0.3) is 0 Å². The van der Waals surface area contributed by atoms with Crippen molar-refractivity contribution in [2.24, 2.45) is 5.41 Å². The second-order valence-electron chi connectivity index (χ2n) is 7.22. The SMILES string of the molecule is CC1(C)CCC(N2CCc3ccc(NS(C)(=O)=O)cc32)C1. The molecule has 1 fully saturated rings. The van der Waals surface area contributed by atoms with Crippen LogP contribution in [-0.2, 0) is 16.4 Å². The van der Waals surface area contributed by atoms with Crippen LogP contribution in [0.1, 0.15) is 38.7 Å². The van der Waals surface area contributed by atoms with Crippen LogP contribution in [0.25, 0.3) is 0 Å². The Balaban J connectivity index is 1.85. The molecule has 1 aromatic rings. The highest BCUT2D eigenvalue weighted by atomic mass is 32.2. The van der Waals surface area contributed by atoms with Crippen molar-refractivity contribution in [1.29, 1.82) is 0 Å². The molecule has 1 N–H and O–H groups in total. The molecule has 1 atom stereocenters. The van der Waals surface area contributed by atoms with Crippen LogP contribution in [0.15, 0.2) is 18.2 Å². The first-order valence-corrected chi connectivity index (χ1v) is 9.50. The van der Waals surface area contributed by atoms with Crippen molar-refractivity contribution in [1.82, 2.24) is 0 Å². The van der Waals surface area contributed by atoms with Crippen LogP contribution in [0.3, 0.4) is 0 Å². The zero-order chi connectivity index (χ0) is 15.3. The lowest BCUT2D eigenvalue weighted by molar-refractivity contribution is 0.373. The van der Waals surface area contributed by atoms with Crippen LogP contribution in [0.5, 0.6) is 0 Å². The summed E-state index contributed by atoms with van der Waals surface area (Å²) >= 11 is 0. The fourth-order valence-corrected chi connectivity index (χ4v) is 4.28. The standard InChI is InChI=1S/C16H24N2O2S/c1-16(2)8-6-14(11-16)18-9-7-12-4-5-13(10-15(12)18)17-21(3,19)20/h4-5,10,14,17H,6-9,11H2,1-3H3. The summed E-state index contributed by atoms with van der Waals surface area (Å²) in [5, 5.41) is 0. The minimum absolute atomic E-state index is 0.427. The summed E-state index contributed by atoms with van der Waals surface area (Å²) in [5.41, 5.74) is 3.64. The van der Waals surface area contributed by atoms with Gasteiger partial charge in [-0.1, -0.05) is 19.9 Å². The topological polar surface area (TPSA) is 49.4 Å². The fraction of sp³-hybridized carbons (Fsp3) is 0.625. The number of nitrogens with one attached hydrogen (secondary N) is 1. The highest BCUT2D eigenvalue weighted by molar-refractivity contribution is 7.92. The summed E-state index contributed by atoms with van der Waals surface area (Å²) in [4.78, 5) is 2.48. The predicted molar refractivity (Wildman–Crippen MR) is 87.4 cm³/mol. The Morgan fingerprint density at radius 2 is 2.10 bits per heavy atom. The molecule has 21 heavy (non-hydrogen) atoms. The second kappa shape index (κ2) is 4.90. The van der Waals surface area contributed by atoms with Crippen molar-refractivity contribution in [3.63, 3.8) is 0 Å². The summed E-state index contributed by atoms with van der Waals surface area (Å²) in [6.07, 6.45) is 5.97. The maximum atomic E-state index is 11.4. The molecule has 116 valence electrons. The molecule has 0 amide bonds. The molecule has 5 heteroatoms. The molecule has 1 aliphatic carbocycles. The highest BCUT2D eigenvalue weighted by Crippen LogP contribution is 2.43. The maximum Gasteiger partial charge on any atom is 0.229 e. The molecule has 0 radical (unpaired) electrons. The van der Waals surface area contributed by atoms with Gasteiger partial charge in [0.2, 0.25) is 10.0 Å². The van der Waals surface area contributed by atoms with E-state index in [1.807, 2.05) is 12.1 Å². The Morgan fingerprint density at radius 1 is 1.33 bits per heavy atom. The summed E-state index contributed by atoms with van der Waals surface area (Å²) in [7, 11) is -3.22. The number of hydrogen-bond donors (Lipinski definition) is 1. The van der Waals surface area contributed by atoms with E-state index >= 15 is 0 Å². The van der Waals surface area contributed by atoms with Crippen LogP contribution in [0, 0.1) is 5.41 Å². The minimum Gasteiger partial charge on any atom is -0.368 e. The molecule has 1 unspecified atom stereocenters. The molecule has 0 bridgehead atoms. The lowest BCUT2D eigenvalue weighted by Gasteiger charge is -2.28. The summed E-state index contributed by atoms with van der Waals surface area (Å²) in [6, 6.07) is 6.51. The molecule has 0 spiro atoms. The minimum atomic E-state index is -3.22. The lowest BCUT2D eigenvalue weighted by Crippen LogP contribution is -2.32. The number of rotatable bonds is 3. The van der Waals surface area contributed by atoms with E-state index in [9.17, 15) is 8.42 Å². The van der Waals surface area contributed by atoms with Gasteiger partial charge in [0.15, 0.2) is 0 Å². The van der Waals surface area contributed by atoms with Crippen molar-refractivity contribution in [3.8, 4) is 0 Å². The van der Waals surface area contributed by atoms with Gasteiger partial charge in [-0.3, -0.25) is 4.72 Å². The first kappa shape index (κ1) is 14.7. The number of fused-ring (bicyclic) bond motifs is 1. The van der Waals surface area contributed by atoms with Crippen molar-refractivity contribution in [3.05, 3.63) is 23.8 Å². The van der Waals surface area contributed by atoms with Crippen LogP contribution < -0.4 is 9.62 Å². The van der Waals surface area contributed by atoms with Crippen molar-refractivity contribution < 1.29 is 8.42 Å². The Bertz CT molecular complexity index is 652. The van der Waals surface area contributed by atoms with Crippen molar-refractivity contribution >= 4 is 21.4 Å². The van der Waals surface area contributed by atoms with E-state index in [0.29, 0.717) is 17.1 Å². The van der Waals surface area contributed by atoms with Gasteiger partial charge in [-0.15, -0.1) is 0 Å². The number of sulfonamides is 1. The number of hydrogen-bond acceptors (Lipinski definition) is 3. The molecule has 0 aromatic heterocycles. The predicted octanol–water partition coefficient (Wildman–Crippen LogP) is 3.00. The van der Waals surface area contributed by atoms with Crippen molar-refractivity contribution in [2.75, 3.05) is 22.4 Å². The van der Waals surface area contributed by atoms with E-state index < -0.39 is 10.0 Å². The van der Waals surface area contributed by atoms with Gasteiger partial charge in [0.1, 0.15) is 0 Å². The zero-order valence-electron chi connectivity index (χ0n) is 13.0. The van der Waals surface area contributed by atoms with Gasteiger partial charge >= 0.3 is 0 Å². The van der Waals surface area contributed by atoms with Gasteiger partial charge < -0.3 is 4.90 Å². The van der Waals surface area contributed by atoms with Gasteiger partial charge in [0, 0.05) is 18.3 Å². The van der Waals surface area contributed by atoms with E-state index in [0.717, 1.165) is 13.0 Å². The number of nitrogens with zero attached hydrogens (tertiary/aromatic N) is 1. The summed E-state index contributed by atoms with van der Waals surface area (Å²) < 4.78 is 25.4. The highest BCUT2D eigenvalue weighted by Gasteiger charge is 2.36. The first-order chi connectivity index (χ1) is 9.73. The lowest BCUT2D eigenvalue weighted by atomic mass is 9.91. The monoisotopic (exact) mass is 308 g/mol. The molecule has 0 saturated heterocycles. The average molecular weight is 308 g/mol. The van der Waals surface area contributed by atoms with Gasteiger partial charge in [-0.25, -0.2) is 8.42 Å². The third-order valence-electron chi connectivity index (χ3n) is 4.70. The molecule has 4 nitrogen and oxygen atoms in total. The first-order valence-electron chi connectivity index (χ1n) is 7.61. The Morgan fingerprint density at radius 3 is 2.71 bits per heavy atom. The van der Waals surface area contributed by atoms with E-state index in [1.54, 1.807) is 0 Å². The average Bonchev–Trinajstić information content (AvgIpc) is 2.89. The quantitative estimate of drug-likeness (QED) is 0.934. The van der Waals surface area contributed by atoms with E-state index in [-0.39, 0.29) is 0 Å². The fourth-order valence-electron chi connectivity index (χ4n) is 3.73. The Labute approximate surface area is 127 Å². The molecule has 1 aromatic carbocycles. The Kier molecular flexibility index (Phi) is 3.43. The molecule has 1 aliphatic heterocycles. The van der Waals surface area contributed by atoms with E-state index in [2.05, 4.69) is 29.5 Å². The van der Waals surface area contributed by atoms with Gasteiger partial charge in [-0.2, -0.15) is 0 Å². The van der Waals surface area contributed by atoms with Crippen LogP contribution in [0.2, 0.25) is 0 Å². The maximum absolute atomic E-state index is 11.4. The second-order valence-corrected chi connectivity index (χ2v) is 8.97. The largest absolute Gasteiger partial charge is 0.368 e. The molecular formula is C16H24N2O2S. The van der Waals surface area contributed by atoms with E-state index in [1.165, 1.54) is 36.8 Å².